The van der Waals surface area contributed by atoms with Gasteiger partial charge in [-0.3, -0.25) is 38.4 Å². The summed E-state index contributed by atoms with van der Waals surface area (Å²) in [5.41, 5.74) is 11.0. The van der Waals surface area contributed by atoms with Crippen molar-refractivity contribution >= 4 is 92.8 Å². The molecule has 3 fully saturated rings. The second kappa shape index (κ2) is 40.4. The zero-order valence-electron chi connectivity index (χ0n) is 71.1. The first-order valence-corrected chi connectivity index (χ1v) is 44.1. The summed E-state index contributed by atoms with van der Waals surface area (Å²) in [6, 6.07) is 21.3. The van der Waals surface area contributed by atoms with Crippen LogP contribution < -0.4 is 57.6 Å². The minimum atomic E-state index is -2.22. The monoisotopic (exact) mass is 1850 g/mol. The van der Waals surface area contributed by atoms with E-state index in [2.05, 4.69) is 31.9 Å². The molecule has 0 aromatic heterocycles. The number of amides is 5. The Balaban J connectivity index is 1.02. The average molecular weight is 1850 g/mol. The number of phenols is 3. The first-order chi connectivity index (χ1) is 60.7. The van der Waals surface area contributed by atoms with E-state index in [9.17, 15) is 60.3 Å². The third kappa shape index (κ3) is 21.3. The van der Waals surface area contributed by atoms with Gasteiger partial charge >= 0.3 is 0 Å². The molecule has 7 aromatic carbocycles. The number of halogens is 3. The van der Waals surface area contributed by atoms with Crippen LogP contribution in [0.4, 0.5) is 0 Å². The molecule has 22 atom stereocenters. The summed E-state index contributed by atoms with van der Waals surface area (Å²) >= 11 is 21.8. The Kier molecular flexibility index (Phi) is 30.3. The number of fused-ring (bicyclic) bond motifs is 15. The Hall–Kier alpha value is -9.64. The summed E-state index contributed by atoms with van der Waals surface area (Å²) in [7, 11) is 1.51. The van der Waals surface area contributed by atoms with Crippen molar-refractivity contribution in [1.82, 2.24) is 31.9 Å². The maximum atomic E-state index is 16.8. The number of likely N-dealkylation sites (N-methyl/N-ethyl adjacent to an activating group) is 1. The fraction of sp³-hybridized carbons (Fsp3) is 0.451. The van der Waals surface area contributed by atoms with Gasteiger partial charge in [0.05, 0.1) is 58.9 Å². The number of aromatic hydroxyl groups is 3. The van der Waals surface area contributed by atoms with Crippen LogP contribution in [0.5, 0.6) is 46.0 Å². The lowest BCUT2D eigenvalue weighted by molar-refractivity contribution is -0.334. The SMILES string of the molecule is CCCSC(=O)[C@H]1NC(=O)[C@H]2NC(=O)[C@H](CC(=O)[C@@H]3NC(=O)[C@H](CC(N)=O)CC(=O)[C@H](NC(=O)[C@@H](CC(C)C)NC)[C@H](O)c4ccc(c(Cl)c4)Oc4cc3cc(c4O[C@@H]3OC(CO)[C@@H](O)C(O)C3O[C@H]3CC(C)(NCc4ccc(-c5ccc(Cl)cc5)cc4)[C@@H](O)[C@H](C)O3)Oc3ccc(cc3Cl)[C@H]2O[C@H]2CC(C)(N)[C@@H](O)[C@H](C)O2)c2ccc(O)c(c2)-c2c(O)cc(O)cc21. The number of carbonyl (C=O) groups excluding carboxylic acids is 8. The zero-order chi connectivity index (χ0) is 92.4. The van der Waals surface area contributed by atoms with Crippen LogP contribution in [0, 0.1) is 11.8 Å². The van der Waals surface area contributed by atoms with Gasteiger partial charge in [0.2, 0.25) is 46.7 Å². The number of Topliss-reactive ketones (excluding diaryl/α,β-unsaturated/α-hetero) is 2. The van der Waals surface area contributed by atoms with Crippen LogP contribution in [0.25, 0.3) is 22.3 Å². The number of phenolic OH excluding ortho intramolecular Hbond substituents is 3. The van der Waals surface area contributed by atoms with E-state index < -0.39 is 240 Å². The lowest BCUT2D eigenvalue weighted by Crippen LogP contribution is -2.65. The third-order valence-electron chi connectivity index (χ3n) is 24.0. The number of thioether (sulfide) groups is 1. The fourth-order valence-electron chi connectivity index (χ4n) is 17.0. The fourth-order valence-corrected chi connectivity index (χ4v) is 18.3. The lowest BCUT2D eigenvalue weighted by Gasteiger charge is -2.48. The highest BCUT2D eigenvalue weighted by atomic mass is 35.5. The molecule has 3 saturated heterocycles. The van der Waals surface area contributed by atoms with Crippen molar-refractivity contribution in [3.8, 4) is 68.2 Å². The standard InChI is InChI=1S/C91H105Cl3N8O25S/c1-9-24-128-88(119)73-55-33-52(104)34-60(106)71(55)54-26-46(16-21-59(54)105)53-35-62(108)72-49-30-65(122-63-22-17-47(27-56(63)93)76(110)74(101-86(117)58(97-8)25-40(2)3)61(107)29-50(32-68(95)109)84(115)99-72)80(66(31-49)123-64-23-18-48(28-57(64)94)79(75(87(118)100-73)102-85(53)116)125-69-36-90(6,96)82(113)41(4)120-69)127-89-81(78(112)77(111)67(39-103)124-89)126-70-37-91(7,83(114)42(5)121-70)98-38-43-10-12-44(13-11-43)45-14-19-51(92)20-15-45/h10-23,26-28,30-31,33-34,40-42,50,53,58,67,69-70,72-79,81-83,89,97-98,103-106,110-114H,9,24-25,29,32,35-39,96H2,1-8H3,(H2,95,109)(H,99,115)(H,100,118)(H,101,117)(H,102,116)/t41-,42-,50-,53+,58+,67?,69-,70-,72+,73-,74-,75-,76+,77+,78?,79+,81?,82-,83-,89-,90?,91?/m0/s1. The van der Waals surface area contributed by atoms with Crippen molar-refractivity contribution in [2.24, 2.45) is 23.3 Å². The number of rotatable bonds is 21. The summed E-state index contributed by atoms with van der Waals surface area (Å²) in [5, 5.41) is 123. The van der Waals surface area contributed by atoms with Crippen molar-refractivity contribution in [2.75, 3.05) is 19.4 Å². The number of nitrogens with one attached hydrogen (secondary N) is 6. The van der Waals surface area contributed by atoms with E-state index in [1.807, 2.05) is 50.2 Å². The van der Waals surface area contributed by atoms with Crippen LogP contribution in [0.2, 0.25) is 15.1 Å². The van der Waals surface area contributed by atoms with Crippen LogP contribution in [-0.4, -0.2) is 208 Å². The minimum Gasteiger partial charge on any atom is -0.508 e. The third-order valence-corrected chi connectivity index (χ3v) is 25.9. The lowest BCUT2D eigenvalue weighted by atomic mass is 9.84. The number of ether oxygens (including phenoxy) is 8. The predicted molar refractivity (Wildman–Crippen MR) is 468 cm³/mol. The molecular weight excluding hydrogens is 1740 g/mol. The molecule has 686 valence electrons. The van der Waals surface area contributed by atoms with E-state index >= 15 is 24.0 Å². The summed E-state index contributed by atoms with van der Waals surface area (Å²) in [6.07, 6.45) is -23.9. The number of hydrogen-bond acceptors (Lipinski definition) is 29. The molecule has 33 nitrogen and oxygen atoms in total. The molecule has 5 amide bonds. The Morgan fingerprint density at radius 1 is 0.672 bits per heavy atom. The van der Waals surface area contributed by atoms with Gasteiger partial charge in [0.15, 0.2) is 41.7 Å². The molecule has 11 bridgehead atoms. The van der Waals surface area contributed by atoms with E-state index in [0.717, 1.165) is 58.8 Å². The van der Waals surface area contributed by atoms with Gasteiger partial charge in [-0.25, -0.2) is 0 Å². The quantitative estimate of drug-likeness (QED) is 0.0323. The summed E-state index contributed by atoms with van der Waals surface area (Å²) in [5.74, 6) is -15.9. The van der Waals surface area contributed by atoms with Crippen molar-refractivity contribution < 1.29 is 122 Å². The zero-order valence-corrected chi connectivity index (χ0v) is 74.2. The van der Waals surface area contributed by atoms with Crippen LogP contribution in [0.1, 0.15) is 157 Å². The molecule has 0 aliphatic carbocycles. The molecule has 8 aliphatic rings. The van der Waals surface area contributed by atoms with Gasteiger partial charge in [0, 0.05) is 77.7 Å². The van der Waals surface area contributed by atoms with Crippen LogP contribution in [0.15, 0.2) is 127 Å². The molecule has 7 aromatic rings. The summed E-state index contributed by atoms with van der Waals surface area (Å²) < 4.78 is 53.5. The van der Waals surface area contributed by atoms with E-state index in [4.69, 9.17) is 84.2 Å². The maximum absolute atomic E-state index is 16.8. The van der Waals surface area contributed by atoms with E-state index in [1.54, 1.807) is 32.9 Å². The molecule has 37 heteroatoms. The number of aliphatic hydroxyl groups is 6. The first-order valence-electron chi connectivity index (χ1n) is 42.0. The Morgan fingerprint density at radius 3 is 1.91 bits per heavy atom. The minimum absolute atomic E-state index is 0.0684. The highest BCUT2D eigenvalue weighted by Crippen LogP contribution is 2.52. The molecule has 128 heavy (non-hydrogen) atoms. The molecule has 0 radical (unpaired) electrons. The van der Waals surface area contributed by atoms with Gasteiger partial charge in [-0.05, 0) is 165 Å². The number of carbonyl (C=O) groups is 8. The molecule has 5 unspecified atom stereocenters. The Morgan fingerprint density at radius 2 is 1.30 bits per heavy atom. The highest BCUT2D eigenvalue weighted by molar-refractivity contribution is 8.13. The number of aliphatic hydroxyl groups excluding tert-OH is 6. The van der Waals surface area contributed by atoms with Gasteiger partial charge in [0.1, 0.15) is 83.4 Å². The van der Waals surface area contributed by atoms with Crippen molar-refractivity contribution in [2.45, 2.75) is 227 Å². The molecule has 0 saturated carbocycles. The summed E-state index contributed by atoms with van der Waals surface area (Å²) in [4.78, 5) is 123. The molecule has 15 rings (SSSR count). The number of hydrogen-bond donors (Lipinski definition) is 17. The van der Waals surface area contributed by atoms with Crippen molar-refractivity contribution in [3.63, 3.8) is 0 Å². The normalized spacial score (nSPS) is 29.5. The van der Waals surface area contributed by atoms with Gasteiger partial charge < -0.3 is 127 Å². The number of benzene rings is 7. The number of primary amides is 1. The second-order valence-electron chi connectivity index (χ2n) is 34.1. The average Bonchev–Trinajstić information content (AvgIpc) is 0.761. The molecule has 0 spiro atoms. The van der Waals surface area contributed by atoms with Gasteiger partial charge in [0.25, 0.3) is 0 Å². The van der Waals surface area contributed by atoms with Gasteiger partial charge in [-0.2, -0.15) is 0 Å². The van der Waals surface area contributed by atoms with Gasteiger partial charge in [-0.15, -0.1) is 0 Å². The Labute approximate surface area is 756 Å². The predicted octanol–water partition coefficient (Wildman–Crippen LogP) is 8.06. The largest absolute Gasteiger partial charge is 0.508 e. The first kappa shape index (κ1) is 95.9. The molecule has 8 aliphatic heterocycles. The van der Waals surface area contributed by atoms with Gasteiger partial charge in [-0.1, -0.05) is 122 Å². The number of ketones is 2. The van der Waals surface area contributed by atoms with Crippen LogP contribution in [0.3, 0.4) is 0 Å². The molecule has 19 N–H and O–H groups in total. The summed E-state index contributed by atoms with van der Waals surface area (Å²) in [6.45, 7) is 11.1. The smallest absolute Gasteiger partial charge is 0.246 e. The van der Waals surface area contributed by atoms with Crippen LogP contribution >= 0.6 is 46.6 Å². The maximum Gasteiger partial charge on any atom is 0.246 e. The molecular formula is C91H105Cl3N8O25S. The van der Waals surface area contributed by atoms with E-state index in [1.165, 1.54) is 69.4 Å². The Bertz CT molecular complexity index is 5310. The van der Waals surface area contributed by atoms with Crippen LogP contribution in [-0.2, 0) is 68.6 Å². The van der Waals surface area contributed by atoms with E-state index in [0.29, 0.717) is 11.4 Å². The van der Waals surface area contributed by atoms with Crippen molar-refractivity contribution in [3.05, 3.63) is 176 Å². The molecule has 8 heterocycles. The van der Waals surface area contributed by atoms with Crippen molar-refractivity contribution in [1.29, 1.82) is 0 Å². The number of nitrogens with two attached hydrogens (primary N) is 2. The highest BCUT2D eigenvalue weighted by Gasteiger charge is 2.53. The van der Waals surface area contributed by atoms with E-state index in [-0.39, 0.29) is 98.0 Å². The topological polar surface area (TPSA) is 517 Å². The second-order valence-corrected chi connectivity index (χ2v) is 36.5.